The van der Waals surface area contributed by atoms with E-state index in [1.54, 1.807) is 12.1 Å². The van der Waals surface area contributed by atoms with Crippen LogP contribution in [0.3, 0.4) is 0 Å². The number of carbonyl (C=O) groups is 1. The van der Waals surface area contributed by atoms with Gasteiger partial charge in [-0.1, -0.05) is 6.07 Å². The summed E-state index contributed by atoms with van der Waals surface area (Å²) >= 11 is 0. The average molecular weight is 290 g/mol. The fourth-order valence-corrected chi connectivity index (χ4v) is 3.53. The van der Waals surface area contributed by atoms with Crippen LogP contribution in [0.1, 0.15) is 36.8 Å². The molecule has 3 nitrogen and oxygen atoms in total. The quantitative estimate of drug-likeness (QED) is 0.908. The van der Waals surface area contributed by atoms with Crippen molar-refractivity contribution in [2.24, 2.45) is 5.41 Å². The van der Waals surface area contributed by atoms with E-state index >= 15 is 0 Å². The van der Waals surface area contributed by atoms with E-state index in [1.165, 1.54) is 5.56 Å². The molecule has 1 aromatic rings. The summed E-state index contributed by atoms with van der Waals surface area (Å²) < 4.78 is 13.1. The zero-order valence-corrected chi connectivity index (χ0v) is 12.6. The number of aryl methyl sites for hydroxylation is 1. The van der Waals surface area contributed by atoms with Gasteiger partial charge in [-0.25, -0.2) is 4.39 Å². The van der Waals surface area contributed by atoms with Crippen LogP contribution in [-0.2, 0) is 11.3 Å². The Morgan fingerprint density at radius 2 is 2.05 bits per heavy atom. The molecule has 2 saturated heterocycles. The summed E-state index contributed by atoms with van der Waals surface area (Å²) in [6.45, 7) is 5.84. The number of hydrogen-bond donors (Lipinski definition) is 1. The summed E-state index contributed by atoms with van der Waals surface area (Å²) in [5.74, 6) is 0.0387. The number of hydrogen-bond acceptors (Lipinski definition) is 2. The van der Waals surface area contributed by atoms with E-state index < -0.39 is 0 Å². The highest BCUT2D eigenvalue weighted by Crippen LogP contribution is 2.37. The zero-order valence-electron chi connectivity index (χ0n) is 12.6. The van der Waals surface area contributed by atoms with Gasteiger partial charge in [-0.2, -0.15) is 0 Å². The van der Waals surface area contributed by atoms with Crippen LogP contribution in [0.5, 0.6) is 0 Å². The normalized spacial score (nSPS) is 22.3. The molecule has 2 fully saturated rings. The maximum Gasteiger partial charge on any atom is 0.220 e. The SMILES string of the molecule is Cc1cc(F)ccc1CN1CCC2(CCC(=O)NC2)CC1. The van der Waals surface area contributed by atoms with Crippen molar-refractivity contribution in [1.82, 2.24) is 10.2 Å². The lowest BCUT2D eigenvalue weighted by Gasteiger charge is -2.44. The number of carbonyl (C=O) groups excluding carboxylic acids is 1. The first kappa shape index (κ1) is 14.5. The molecule has 0 aliphatic carbocycles. The minimum absolute atomic E-state index is 0.160. The third-order valence-corrected chi connectivity index (χ3v) is 5.16. The molecule has 1 spiro atoms. The van der Waals surface area contributed by atoms with Crippen LogP contribution in [0.15, 0.2) is 18.2 Å². The second-order valence-electron chi connectivity index (χ2n) is 6.62. The summed E-state index contributed by atoms with van der Waals surface area (Å²) in [4.78, 5) is 13.8. The Labute approximate surface area is 125 Å². The molecule has 2 aliphatic rings. The second-order valence-corrected chi connectivity index (χ2v) is 6.62. The molecule has 0 radical (unpaired) electrons. The van der Waals surface area contributed by atoms with E-state index in [0.29, 0.717) is 11.8 Å². The van der Waals surface area contributed by atoms with E-state index in [0.717, 1.165) is 51.0 Å². The highest BCUT2D eigenvalue weighted by Gasteiger charge is 2.37. The lowest BCUT2D eigenvalue weighted by molar-refractivity contribution is -0.125. The van der Waals surface area contributed by atoms with Crippen LogP contribution in [-0.4, -0.2) is 30.4 Å². The van der Waals surface area contributed by atoms with Gasteiger partial charge in [-0.05, 0) is 68.0 Å². The molecule has 0 aromatic heterocycles. The summed E-state index contributed by atoms with van der Waals surface area (Å²) in [6.07, 6.45) is 4.00. The highest BCUT2D eigenvalue weighted by atomic mass is 19.1. The molecule has 0 unspecified atom stereocenters. The number of piperidine rings is 2. The summed E-state index contributed by atoms with van der Waals surface area (Å²) in [7, 11) is 0. The van der Waals surface area contributed by atoms with Gasteiger partial charge >= 0.3 is 0 Å². The van der Waals surface area contributed by atoms with Crippen molar-refractivity contribution in [3.05, 3.63) is 35.1 Å². The molecule has 2 heterocycles. The standard InChI is InChI=1S/C17H23FN2O/c1-13-10-15(18)3-2-14(13)11-20-8-6-17(7-9-20)5-4-16(21)19-12-17/h2-3,10H,4-9,11-12H2,1H3,(H,19,21). The molecule has 0 atom stereocenters. The topological polar surface area (TPSA) is 32.3 Å². The molecule has 4 heteroatoms. The van der Waals surface area contributed by atoms with Gasteiger partial charge in [-0.3, -0.25) is 9.69 Å². The maximum atomic E-state index is 13.1. The van der Waals surface area contributed by atoms with Gasteiger partial charge in [0.05, 0.1) is 0 Å². The van der Waals surface area contributed by atoms with Crippen molar-refractivity contribution in [3.63, 3.8) is 0 Å². The number of nitrogens with zero attached hydrogens (tertiary/aromatic N) is 1. The molecule has 1 aromatic carbocycles. The molecular formula is C17H23FN2O. The van der Waals surface area contributed by atoms with Crippen molar-refractivity contribution < 1.29 is 9.18 Å². The third-order valence-electron chi connectivity index (χ3n) is 5.16. The van der Waals surface area contributed by atoms with Gasteiger partial charge in [0.1, 0.15) is 5.82 Å². The summed E-state index contributed by atoms with van der Waals surface area (Å²) in [5, 5.41) is 3.02. The number of amides is 1. The lowest BCUT2D eigenvalue weighted by atomic mass is 9.73. The number of nitrogens with one attached hydrogen (secondary N) is 1. The Bertz CT molecular complexity index is 524. The monoisotopic (exact) mass is 290 g/mol. The zero-order chi connectivity index (χ0) is 14.9. The number of likely N-dealkylation sites (tertiary alicyclic amines) is 1. The van der Waals surface area contributed by atoms with Crippen LogP contribution >= 0.6 is 0 Å². The van der Waals surface area contributed by atoms with E-state index in [4.69, 9.17) is 0 Å². The fraction of sp³-hybridized carbons (Fsp3) is 0.588. The van der Waals surface area contributed by atoms with Gasteiger partial charge in [0.15, 0.2) is 0 Å². The number of rotatable bonds is 2. The van der Waals surface area contributed by atoms with Crippen molar-refractivity contribution >= 4 is 5.91 Å². The van der Waals surface area contributed by atoms with Gasteiger partial charge in [0, 0.05) is 19.5 Å². The van der Waals surface area contributed by atoms with Crippen molar-refractivity contribution in [2.75, 3.05) is 19.6 Å². The van der Waals surface area contributed by atoms with Crippen LogP contribution in [0, 0.1) is 18.2 Å². The first-order valence-electron chi connectivity index (χ1n) is 7.80. The summed E-state index contributed by atoms with van der Waals surface area (Å²) in [6, 6.07) is 5.05. The maximum absolute atomic E-state index is 13.1. The highest BCUT2D eigenvalue weighted by molar-refractivity contribution is 5.76. The molecule has 3 rings (SSSR count). The van der Waals surface area contributed by atoms with Gasteiger partial charge in [0.2, 0.25) is 5.91 Å². The van der Waals surface area contributed by atoms with Crippen LogP contribution in [0.25, 0.3) is 0 Å². The van der Waals surface area contributed by atoms with Crippen molar-refractivity contribution in [2.45, 2.75) is 39.2 Å². The predicted molar refractivity (Wildman–Crippen MR) is 80.3 cm³/mol. The van der Waals surface area contributed by atoms with Gasteiger partial charge < -0.3 is 5.32 Å². The van der Waals surface area contributed by atoms with E-state index in [-0.39, 0.29) is 11.7 Å². The Kier molecular flexibility index (Phi) is 3.98. The predicted octanol–water partition coefficient (Wildman–Crippen LogP) is 2.63. The van der Waals surface area contributed by atoms with E-state index in [9.17, 15) is 9.18 Å². The fourth-order valence-electron chi connectivity index (χ4n) is 3.53. The Balaban J connectivity index is 1.57. The molecule has 21 heavy (non-hydrogen) atoms. The van der Waals surface area contributed by atoms with Gasteiger partial charge in [-0.15, -0.1) is 0 Å². The molecule has 0 bridgehead atoms. The third kappa shape index (κ3) is 3.26. The number of halogens is 1. The van der Waals surface area contributed by atoms with Crippen LogP contribution < -0.4 is 5.32 Å². The largest absolute Gasteiger partial charge is 0.356 e. The average Bonchev–Trinajstić information content (AvgIpc) is 2.48. The molecule has 114 valence electrons. The molecular weight excluding hydrogens is 267 g/mol. The molecule has 1 N–H and O–H groups in total. The Morgan fingerprint density at radius 1 is 1.29 bits per heavy atom. The summed E-state index contributed by atoms with van der Waals surface area (Å²) in [5.41, 5.74) is 2.56. The first-order chi connectivity index (χ1) is 10.1. The Morgan fingerprint density at radius 3 is 2.67 bits per heavy atom. The van der Waals surface area contributed by atoms with Crippen LogP contribution in [0.2, 0.25) is 0 Å². The molecule has 2 aliphatic heterocycles. The second kappa shape index (κ2) is 5.76. The van der Waals surface area contributed by atoms with Crippen molar-refractivity contribution in [1.29, 1.82) is 0 Å². The smallest absolute Gasteiger partial charge is 0.220 e. The van der Waals surface area contributed by atoms with E-state index in [2.05, 4.69) is 10.2 Å². The molecule has 0 saturated carbocycles. The van der Waals surface area contributed by atoms with E-state index in [1.807, 2.05) is 13.0 Å². The minimum atomic E-state index is -0.160. The first-order valence-corrected chi connectivity index (χ1v) is 7.80. The van der Waals surface area contributed by atoms with Crippen LogP contribution in [0.4, 0.5) is 4.39 Å². The van der Waals surface area contributed by atoms with Gasteiger partial charge in [0.25, 0.3) is 0 Å². The molecule has 1 amide bonds. The number of benzene rings is 1. The lowest BCUT2D eigenvalue weighted by Crippen LogP contribution is -2.49. The Hall–Kier alpha value is -1.42. The minimum Gasteiger partial charge on any atom is -0.356 e. The van der Waals surface area contributed by atoms with Crippen molar-refractivity contribution in [3.8, 4) is 0 Å².